The standard InChI is InChI=1S/C38H44O16/c39-24-13-15-26(23(17-24)18-50-37(47)38(48)28(41)16-14-25(40)32(38)54-35(46)22-11-5-6-12-22)51-36-31(53-34(45)21-9-3-4-10-21)30(43)29(42)27(52-36)19-49-33(44)20-7-1-2-8-20/h1,3,5,7,9,11,13,15,17,20-22,27-32,36,39,41-43,48H,2,4,6,8,10,12,14,16,18-19H2/t20-,21-,22-,27+,28-,29+,30-,31+,32+,36+,38+/m1/s1. The number of rotatable bonds is 12. The quantitative estimate of drug-likeness (QED) is 0.113. The highest BCUT2D eigenvalue weighted by Gasteiger charge is 2.59. The van der Waals surface area contributed by atoms with Crippen LogP contribution in [0.3, 0.4) is 0 Å². The number of phenols is 1. The van der Waals surface area contributed by atoms with Gasteiger partial charge in [0.15, 0.2) is 11.9 Å². The molecule has 1 heterocycles. The summed E-state index contributed by atoms with van der Waals surface area (Å²) < 4.78 is 33.7. The monoisotopic (exact) mass is 756 g/mol. The van der Waals surface area contributed by atoms with Crippen molar-refractivity contribution in [3.05, 3.63) is 60.2 Å². The zero-order chi connectivity index (χ0) is 38.6. The largest absolute Gasteiger partial charge is 0.508 e. The Hall–Kier alpha value is -4.61. The minimum absolute atomic E-state index is 0.0581. The Morgan fingerprint density at radius 1 is 0.796 bits per heavy atom. The molecule has 1 aromatic rings. The fraction of sp³-hybridized carbons (Fsp3) is 0.553. The molecule has 54 heavy (non-hydrogen) atoms. The molecule has 0 aromatic heterocycles. The van der Waals surface area contributed by atoms with Gasteiger partial charge in [-0.1, -0.05) is 36.5 Å². The molecule has 1 saturated carbocycles. The predicted octanol–water partition coefficient (Wildman–Crippen LogP) is 0.981. The minimum Gasteiger partial charge on any atom is -0.508 e. The Kier molecular flexibility index (Phi) is 12.2. The lowest BCUT2D eigenvalue weighted by atomic mass is 9.78. The first-order valence-electron chi connectivity index (χ1n) is 18.0. The van der Waals surface area contributed by atoms with E-state index in [1.54, 1.807) is 30.4 Å². The summed E-state index contributed by atoms with van der Waals surface area (Å²) in [4.78, 5) is 64.8. The van der Waals surface area contributed by atoms with E-state index < -0.39 is 109 Å². The second-order valence-corrected chi connectivity index (χ2v) is 14.0. The summed E-state index contributed by atoms with van der Waals surface area (Å²) in [7, 11) is 0. The van der Waals surface area contributed by atoms with Crippen LogP contribution in [-0.2, 0) is 54.3 Å². The lowest BCUT2D eigenvalue weighted by molar-refractivity contribution is -0.284. The maximum Gasteiger partial charge on any atom is 0.345 e. The van der Waals surface area contributed by atoms with Gasteiger partial charge in [0, 0.05) is 12.0 Å². The molecule has 0 radical (unpaired) electrons. The molecule has 0 spiro atoms. The number of ketones is 1. The number of esters is 4. The van der Waals surface area contributed by atoms with Crippen molar-refractivity contribution in [1.29, 1.82) is 0 Å². The highest BCUT2D eigenvalue weighted by Crippen LogP contribution is 2.35. The summed E-state index contributed by atoms with van der Waals surface area (Å²) in [6.07, 6.45) is 1.11. The van der Waals surface area contributed by atoms with Gasteiger partial charge in [0.25, 0.3) is 0 Å². The van der Waals surface area contributed by atoms with Crippen LogP contribution in [0.1, 0.15) is 56.9 Å². The van der Waals surface area contributed by atoms with E-state index in [9.17, 15) is 49.5 Å². The third-order valence-electron chi connectivity index (χ3n) is 10.3. The molecule has 6 rings (SSSR count). The molecule has 0 unspecified atom stereocenters. The Balaban J connectivity index is 1.20. The van der Waals surface area contributed by atoms with Gasteiger partial charge in [0.2, 0.25) is 18.0 Å². The van der Waals surface area contributed by atoms with Crippen LogP contribution in [0.25, 0.3) is 0 Å². The van der Waals surface area contributed by atoms with E-state index in [0.29, 0.717) is 38.5 Å². The number of carbonyl (C=O) groups excluding carboxylic acids is 5. The van der Waals surface area contributed by atoms with E-state index in [4.69, 9.17) is 28.4 Å². The Labute approximate surface area is 309 Å². The average Bonchev–Trinajstić information content (AvgIpc) is 3.98. The topological polar surface area (TPSA) is 242 Å². The van der Waals surface area contributed by atoms with E-state index in [-0.39, 0.29) is 29.9 Å². The van der Waals surface area contributed by atoms with Crippen LogP contribution < -0.4 is 4.74 Å². The van der Waals surface area contributed by atoms with Gasteiger partial charge in [-0.15, -0.1) is 0 Å². The predicted molar refractivity (Wildman–Crippen MR) is 181 cm³/mol. The lowest BCUT2D eigenvalue weighted by Gasteiger charge is -2.42. The zero-order valence-corrected chi connectivity index (χ0v) is 29.3. The highest BCUT2D eigenvalue weighted by molar-refractivity contribution is 5.96. The molecule has 292 valence electrons. The highest BCUT2D eigenvalue weighted by atomic mass is 16.7. The number of ether oxygens (including phenoxy) is 6. The van der Waals surface area contributed by atoms with Gasteiger partial charge in [0.05, 0.1) is 23.9 Å². The van der Waals surface area contributed by atoms with Crippen molar-refractivity contribution in [3.63, 3.8) is 0 Å². The molecule has 2 fully saturated rings. The fourth-order valence-corrected chi connectivity index (χ4v) is 7.07. The Bertz CT molecular complexity index is 1680. The summed E-state index contributed by atoms with van der Waals surface area (Å²) in [6, 6.07) is 3.58. The first-order chi connectivity index (χ1) is 25.9. The van der Waals surface area contributed by atoms with E-state index in [1.807, 2.05) is 6.08 Å². The molecular weight excluding hydrogens is 712 g/mol. The number of aliphatic hydroxyl groups is 4. The molecular formula is C38H44O16. The summed E-state index contributed by atoms with van der Waals surface area (Å²) in [5, 5.41) is 54.7. The summed E-state index contributed by atoms with van der Waals surface area (Å²) >= 11 is 0. The van der Waals surface area contributed by atoms with Crippen LogP contribution in [-0.4, -0.2) is 110 Å². The van der Waals surface area contributed by atoms with Crippen molar-refractivity contribution in [2.75, 3.05) is 6.61 Å². The third kappa shape index (κ3) is 8.37. The summed E-state index contributed by atoms with van der Waals surface area (Å²) in [5.74, 6) is -6.69. The van der Waals surface area contributed by atoms with E-state index in [2.05, 4.69) is 0 Å². The molecule has 11 atom stereocenters. The number of phenolic OH excluding ortho intramolecular Hbond substituents is 1. The van der Waals surface area contributed by atoms with Crippen molar-refractivity contribution in [2.45, 2.75) is 106 Å². The summed E-state index contributed by atoms with van der Waals surface area (Å²) in [6.45, 7) is -1.24. The number of benzene rings is 1. The van der Waals surface area contributed by atoms with Gasteiger partial charge < -0.3 is 54.0 Å². The number of allylic oxidation sites excluding steroid dienone is 3. The van der Waals surface area contributed by atoms with Crippen molar-refractivity contribution < 1.29 is 77.9 Å². The normalized spacial score (nSPS) is 34.4. The zero-order valence-electron chi connectivity index (χ0n) is 29.3. The first-order valence-corrected chi connectivity index (χ1v) is 18.0. The van der Waals surface area contributed by atoms with Gasteiger partial charge >= 0.3 is 23.9 Å². The minimum atomic E-state index is -2.97. The van der Waals surface area contributed by atoms with E-state index in [0.717, 1.165) is 6.07 Å². The Morgan fingerprint density at radius 3 is 2.02 bits per heavy atom. The molecule has 0 amide bonds. The molecule has 1 aliphatic heterocycles. The maximum absolute atomic E-state index is 13.5. The van der Waals surface area contributed by atoms with Gasteiger partial charge in [0.1, 0.15) is 43.0 Å². The van der Waals surface area contributed by atoms with Gasteiger partial charge in [-0.2, -0.15) is 0 Å². The molecule has 5 N–H and O–H groups in total. The van der Waals surface area contributed by atoms with Gasteiger partial charge in [-0.05, 0) is 63.1 Å². The number of Topliss-reactive ketones (excluding diaryl/α,β-unsaturated/α-hetero) is 1. The van der Waals surface area contributed by atoms with Crippen molar-refractivity contribution >= 4 is 29.7 Å². The van der Waals surface area contributed by atoms with Crippen molar-refractivity contribution in [1.82, 2.24) is 0 Å². The van der Waals surface area contributed by atoms with Crippen LogP contribution in [0.15, 0.2) is 54.7 Å². The van der Waals surface area contributed by atoms with Crippen LogP contribution in [0.2, 0.25) is 0 Å². The number of hydrogen-bond acceptors (Lipinski definition) is 16. The number of carbonyl (C=O) groups is 5. The van der Waals surface area contributed by atoms with Crippen molar-refractivity contribution in [2.24, 2.45) is 17.8 Å². The van der Waals surface area contributed by atoms with Crippen molar-refractivity contribution in [3.8, 4) is 11.5 Å². The maximum atomic E-state index is 13.5. The molecule has 16 nitrogen and oxygen atoms in total. The van der Waals surface area contributed by atoms with E-state index in [1.165, 1.54) is 12.1 Å². The molecule has 1 saturated heterocycles. The Morgan fingerprint density at radius 2 is 1.41 bits per heavy atom. The molecule has 0 bridgehead atoms. The average molecular weight is 757 g/mol. The molecule has 16 heteroatoms. The number of aliphatic hydroxyl groups excluding tert-OH is 3. The van der Waals surface area contributed by atoms with E-state index >= 15 is 0 Å². The SMILES string of the molecule is O=C(OC[C@@H]1O[C@H](Oc2ccc(O)cc2COC(=O)[C@]2(O)[C@H](O)CCC(=O)[C@@H]2OC(=O)[C@@H]2C=CCC2)[C@@H](OC(=O)[C@@H]2C=CCC2)[C@H](O)[C@H]1O)[C@@H]1C=CCC1. The second kappa shape index (κ2) is 16.8. The molecule has 5 aliphatic rings. The third-order valence-corrected chi connectivity index (χ3v) is 10.3. The fourth-order valence-electron chi connectivity index (χ4n) is 7.07. The van der Waals surface area contributed by atoms with Crippen LogP contribution in [0, 0.1) is 17.8 Å². The second-order valence-electron chi connectivity index (χ2n) is 14.0. The number of hydrogen-bond donors (Lipinski definition) is 5. The summed E-state index contributed by atoms with van der Waals surface area (Å²) in [5.41, 5.74) is -3.03. The smallest absolute Gasteiger partial charge is 0.345 e. The lowest BCUT2D eigenvalue weighted by Crippen LogP contribution is -2.65. The van der Waals surface area contributed by atoms with Gasteiger partial charge in [-0.25, -0.2) is 4.79 Å². The molecule has 4 aliphatic carbocycles. The number of aromatic hydroxyl groups is 1. The molecule has 1 aromatic carbocycles. The van der Waals surface area contributed by atoms with Crippen LogP contribution >= 0.6 is 0 Å². The van der Waals surface area contributed by atoms with Crippen LogP contribution in [0.5, 0.6) is 11.5 Å². The van der Waals surface area contributed by atoms with Gasteiger partial charge in [-0.3, -0.25) is 19.2 Å². The van der Waals surface area contributed by atoms with Crippen LogP contribution in [0.4, 0.5) is 0 Å². The first kappa shape index (κ1) is 39.1.